The van der Waals surface area contributed by atoms with Crippen LogP contribution in [0.3, 0.4) is 0 Å². The molecule has 1 atom stereocenters. The molecule has 27 heavy (non-hydrogen) atoms. The summed E-state index contributed by atoms with van der Waals surface area (Å²) < 4.78 is 7.50. The second kappa shape index (κ2) is 7.42. The Kier molecular flexibility index (Phi) is 4.99. The summed E-state index contributed by atoms with van der Waals surface area (Å²) >= 11 is 12.5. The summed E-state index contributed by atoms with van der Waals surface area (Å²) in [7, 11) is 0. The van der Waals surface area contributed by atoms with E-state index in [-0.39, 0.29) is 12.6 Å². The fourth-order valence-electron chi connectivity index (χ4n) is 3.49. The normalized spacial score (nSPS) is 17.3. The highest BCUT2D eigenvalue weighted by Crippen LogP contribution is 2.38. The number of aromatic nitrogens is 3. The number of aromatic amines is 1. The monoisotopic (exact) mass is 407 g/mol. The van der Waals surface area contributed by atoms with Gasteiger partial charge < -0.3 is 20.8 Å². The van der Waals surface area contributed by atoms with Crippen molar-refractivity contribution in [1.82, 2.24) is 20.1 Å². The number of amides is 2. The van der Waals surface area contributed by atoms with Gasteiger partial charge >= 0.3 is 6.03 Å². The number of hydrogen-bond acceptors (Lipinski definition) is 3. The van der Waals surface area contributed by atoms with Crippen molar-refractivity contribution in [1.29, 1.82) is 0 Å². The van der Waals surface area contributed by atoms with Gasteiger partial charge in [-0.25, -0.2) is 4.79 Å². The van der Waals surface area contributed by atoms with Crippen LogP contribution >= 0.6 is 23.2 Å². The van der Waals surface area contributed by atoms with Gasteiger partial charge in [0, 0.05) is 35.0 Å². The number of benzene rings is 1. The fraction of sp³-hybridized carbons (Fsp3) is 0.333. The Morgan fingerprint density at radius 1 is 1.44 bits per heavy atom. The van der Waals surface area contributed by atoms with E-state index in [0.717, 1.165) is 41.7 Å². The molecule has 1 aliphatic rings. The number of rotatable bonds is 4. The van der Waals surface area contributed by atoms with Crippen LogP contribution in [0.5, 0.6) is 0 Å². The molecule has 0 aliphatic carbocycles. The number of nitrogens with two attached hydrogens (primary N) is 1. The van der Waals surface area contributed by atoms with Crippen molar-refractivity contribution in [3.63, 3.8) is 0 Å². The second-order valence-corrected chi connectivity index (χ2v) is 7.35. The van der Waals surface area contributed by atoms with Gasteiger partial charge in [0.05, 0.1) is 41.0 Å². The Hall–Kier alpha value is -2.22. The Morgan fingerprint density at radius 2 is 2.30 bits per heavy atom. The highest BCUT2D eigenvalue weighted by Gasteiger charge is 2.21. The number of hydrogen-bond donors (Lipinski definition) is 3. The Morgan fingerprint density at radius 3 is 3.04 bits per heavy atom. The average molecular weight is 408 g/mol. The first-order chi connectivity index (χ1) is 13.0. The first-order valence-corrected chi connectivity index (χ1v) is 9.44. The van der Waals surface area contributed by atoms with E-state index in [1.807, 2.05) is 23.1 Å². The third-order valence-corrected chi connectivity index (χ3v) is 5.59. The molecule has 0 saturated carbocycles. The summed E-state index contributed by atoms with van der Waals surface area (Å²) in [5, 5.41) is 8.96. The molecular formula is C18H19Cl2N5O2. The zero-order valence-electron chi connectivity index (χ0n) is 14.5. The molecule has 9 heteroatoms. The number of fused-ring (bicyclic) bond motifs is 1. The molecule has 1 aliphatic heterocycles. The first kappa shape index (κ1) is 18.2. The predicted molar refractivity (Wildman–Crippen MR) is 105 cm³/mol. The Bertz CT molecular complexity index is 991. The fourth-order valence-corrected chi connectivity index (χ4v) is 3.86. The van der Waals surface area contributed by atoms with Gasteiger partial charge in [-0.1, -0.05) is 29.3 Å². The molecule has 4 rings (SSSR count). The molecule has 0 radical (unpaired) electrons. The van der Waals surface area contributed by atoms with Gasteiger partial charge in [-0.15, -0.1) is 0 Å². The van der Waals surface area contributed by atoms with E-state index in [1.165, 1.54) is 0 Å². The van der Waals surface area contributed by atoms with Crippen molar-refractivity contribution in [3.05, 3.63) is 40.3 Å². The molecule has 1 fully saturated rings. The van der Waals surface area contributed by atoms with Gasteiger partial charge in [0.15, 0.2) is 0 Å². The van der Waals surface area contributed by atoms with Gasteiger partial charge in [-0.2, -0.15) is 5.10 Å². The van der Waals surface area contributed by atoms with Crippen LogP contribution in [-0.4, -0.2) is 34.0 Å². The minimum absolute atomic E-state index is 0.225. The van der Waals surface area contributed by atoms with Crippen LogP contribution in [0, 0.1) is 0 Å². The Balaban J connectivity index is 1.79. The topological polar surface area (TPSA) is 98.0 Å². The van der Waals surface area contributed by atoms with Crippen LogP contribution in [0.4, 0.5) is 4.79 Å². The molecular weight excluding hydrogens is 389 g/mol. The summed E-state index contributed by atoms with van der Waals surface area (Å²) in [5.74, 6) is 0. The number of halogens is 2. The summed E-state index contributed by atoms with van der Waals surface area (Å²) in [5.41, 5.74) is 8.58. The molecule has 0 spiro atoms. The standard InChI is InChI=1S/C18H19Cl2N5O2/c19-13-4-3-12-15(14(7-22-18(21)26)24-17(12)16(13)20)10-6-23-25(8-10)11-2-1-5-27-9-11/h3-4,6,8,11,24H,1-2,5,7,9H2,(H3,21,22,26). The summed E-state index contributed by atoms with van der Waals surface area (Å²) in [4.78, 5) is 14.5. The van der Waals surface area contributed by atoms with E-state index in [9.17, 15) is 4.79 Å². The molecule has 2 amide bonds. The van der Waals surface area contributed by atoms with Crippen molar-refractivity contribution < 1.29 is 9.53 Å². The quantitative estimate of drug-likeness (QED) is 0.612. The molecule has 142 valence electrons. The van der Waals surface area contributed by atoms with Crippen molar-refractivity contribution >= 4 is 40.1 Å². The van der Waals surface area contributed by atoms with E-state index in [1.54, 1.807) is 6.07 Å². The zero-order chi connectivity index (χ0) is 19.0. The maximum absolute atomic E-state index is 11.2. The number of ether oxygens (including phenoxy) is 1. The van der Waals surface area contributed by atoms with Gasteiger partial charge in [-0.05, 0) is 18.9 Å². The van der Waals surface area contributed by atoms with E-state index in [2.05, 4.69) is 15.4 Å². The van der Waals surface area contributed by atoms with Crippen LogP contribution in [0.25, 0.3) is 22.0 Å². The van der Waals surface area contributed by atoms with E-state index in [4.69, 9.17) is 33.7 Å². The largest absolute Gasteiger partial charge is 0.379 e. The summed E-state index contributed by atoms with van der Waals surface area (Å²) in [6, 6.07) is 3.29. The third-order valence-electron chi connectivity index (χ3n) is 4.78. The van der Waals surface area contributed by atoms with E-state index in [0.29, 0.717) is 22.2 Å². The lowest BCUT2D eigenvalue weighted by Gasteiger charge is -2.22. The highest BCUT2D eigenvalue weighted by atomic mass is 35.5. The number of H-pyrrole nitrogens is 1. The lowest BCUT2D eigenvalue weighted by Crippen LogP contribution is -2.28. The van der Waals surface area contributed by atoms with Crippen LogP contribution in [0.2, 0.25) is 10.0 Å². The van der Waals surface area contributed by atoms with Gasteiger partial charge in [-0.3, -0.25) is 4.68 Å². The van der Waals surface area contributed by atoms with Crippen molar-refractivity contribution in [2.45, 2.75) is 25.4 Å². The average Bonchev–Trinajstić information content (AvgIpc) is 3.28. The van der Waals surface area contributed by atoms with Gasteiger partial charge in [0.25, 0.3) is 0 Å². The number of nitrogens with one attached hydrogen (secondary N) is 2. The van der Waals surface area contributed by atoms with Crippen LogP contribution in [0.15, 0.2) is 24.5 Å². The third kappa shape index (κ3) is 3.50. The highest BCUT2D eigenvalue weighted by molar-refractivity contribution is 6.45. The predicted octanol–water partition coefficient (Wildman–Crippen LogP) is 3.86. The van der Waals surface area contributed by atoms with Crippen molar-refractivity contribution in [2.24, 2.45) is 5.73 Å². The minimum Gasteiger partial charge on any atom is -0.379 e. The number of nitrogens with zero attached hydrogens (tertiary/aromatic N) is 2. The molecule has 4 N–H and O–H groups in total. The molecule has 3 heterocycles. The van der Waals surface area contributed by atoms with E-state index < -0.39 is 6.03 Å². The summed E-state index contributed by atoms with van der Waals surface area (Å²) in [6.45, 7) is 1.70. The maximum atomic E-state index is 11.2. The zero-order valence-corrected chi connectivity index (χ0v) is 16.0. The SMILES string of the molecule is NC(=O)NCc1[nH]c2c(Cl)c(Cl)ccc2c1-c1cnn(C2CCCOC2)c1. The van der Waals surface area contributed by atoms with Gasteiger partial charge in [0.1, 0.15) is 0 Å². The number of carbonyl (C=O) groups excluding carboxylic acids is 1. The van der Waals surface area contributed by atoms with Crippen LogP contribution in [-0.2, 0) is 11.3 Å². The maximum Gasteiger partial charge on any atom is 0.312 e. The molecule has 2 aromatic heterocycles. The number of urea groups is 1. The molecule has 7 nitrogen and oxygen atoms in total. The van der Waals surface area contributed by atoms with Gasteiger partial charge in [0.2, 0.25) is 0 Å². The van der Waals surface area contributed by atoms with E-state index >= 15 is 0 Å². The first-order valence-electron chi connectivity index (χ1n) is 8.68. The minimum atomic E-state index is -0.598. The molecule has 1 aromatic carbocycles. The molecule has 1 unspecified atom stereocenters. The van der Waals surface area contributed by atoms with Crippen LogP contribution in [0.1, 0.15) is 24.6 Å². The number of carbonyl (C=O) groups is 1. The number of primary amides is 1. The second-order valence-electron chi connectivity index (χ2n) is 6.56. The summed E-state index contributed by atoms with van der Waals surface area (Å²) in [6.07, 6.45) is 5.87. The van der Waals surface area contributed by atoms with Crippen LogP contribution < -0.4 is 11.1 Å². The smallest absolute Gasteiger partial charge is 0.312 e. The lowest BCUT2D eigenvalue weighted by molar-refractivity contribution is 0.0549. The molecule has 3 aromatic rings. The molecule has 0 bridgehead atoms. The lowest BCUT2D eigenvalue weighted by atomic mass is 10.0. The Labute approximate surface area is 165 Å². The van der Waals surface area contributed by atoms with Crippen molar-refractivity contribution in [3.8, 4) is 11.1 Å². The van der Waals surface area contributed by atoms with Crippen molar-refractivity contribution in [2.75, 3.05) is 13.2 Å². The molecule has 1 saturated heterocycles.